The van der Waals surface area contributed by atoms with Crippen LogP contribution in [-0.2, 0) is 0 Å². The van der Waals surface area contributed by atoms with Gasteiger partial charge in [0.15, 0.2) is 0 Å². The van der Waals surface area contributed by atoms with Crippen LogP contribution in [0, 0.1) is 5.92 Å². The first-order chi connectivity index (χ1) is 8.60. The molecule has 2 nitrogen and oxygen atoms in total. The fourth-order valence-corrected chi connectivity index (χ4v) is 2.77. The quantitative estimate of drug-likeness (QED) is 0.588. The Morgan fingerprint density at radius 1 is 1.44 bits per heavy atom. The summed E-state index contributed by atoms with van der Waals surface area (Å²) >= 11 is 6.96. The van der Waals surface area contributed by atoms with Gasteiger partial charge in [0.05, 0.1) is 0 Å². The standard InChI is InChI=1S/C14H22N2S2/c1-4-10(3)9-16-11-7-6-8-12(18-5-2)13(11)14(15)17/h6-8,10,16H,4-5,9H2,1-3H3,(H2,15,17). The Labute approximate surface area is 120 Å². The molecule has 0 radical (unpaired) electrons. The second-order valence-electron chi connectivity index (χ2n) is 4.37. The molecule has 3 N–H and O–H groups in total. The molecule has 0 amide bonds. The molecule has 0 aliphatic heterocycles. The summed E-state index contributed by atoms with van der Waals surface area (Å²) in [4.78, 5) is 1.64. The Morgan fingerprint density at radius 3 is 2.72 bits per heavy atom. The van der Waals surface area contributed by atoms with Gasteiger partial charge in [0, 0.05) is 22.7 Å². The van der Waals surface area contributed by atoms with Crippen LogP contribution < -0.4 is 11.1 Å². The maximum atomic E-state index is 5.86. The van der Waals surface area contributed by atoms with Crippen LogP contribution in [0.5, 0.6) is 0 Å². The highest BCUT2D eigenvalue weighted by molar-refractivity contribution is 7.99. The largest absolute Gasteiger partial charge is 0.389 e. The highest BCUT2D eigenvalue weighted by Crippen LogP contribution is 2.28. The van der Waals surface area contributed by atoms with E-state index in [1.165, 1.54) is 11.3 Å². The molecule has 1 unspecified atom stereocenters. The second kappa shape index (κ2) is 7.64. The molecule has 100 valence electrons. The third kappa shape index (κ3) is 4.18. The molecule has 0 saturated carbocycles. The summed E-state index contributed by atoms with van der Waals surface area (Å²) in [5.74, 6) is 1.66. The molecule has 0 heterocycles. The van der Waals surface area contributed by atoms with Crippen LogP contribution in [0.3, 0.4) is 0 Å². The summed E-state index contributed by atoms with van der Waals surface area (Å²) in [6, 6.07) is 6.19. The predicted molar refractivity (Wildman–Crippen MR) is 86.7 cm³/mol. The average Bonchev–Trinajstić information content (AvgIpc) is 2.36. The summed E-state index contributed by atoms with van der Waals surface area (Å²) in [6.07, 6.45) is 1.17. The van der Waals surface area contributed by atoms with Gasteiger partial charge in [0.1, 0.15) is 4.99 Å². The Morgan fingerprint density at radius 2 is 2.17 bits per heavy atom. The first-order valence-electron chi connectivity index (χ1n) is 6.39. The molecule has 0 bridgehead atoms. The summed E-state index contributed by atoms with van der Waals surface area (Å²) in [5, 5.41) is 3.46. The molecule has 0 saturated heterocycles. The number of hydrogen-bond donors (Lipinski definition) is 2. The lowest BCUT2D eigenvalue weighted by Gasteiger charge is -2.17. The second-order valence-corrected chi connectivity index (χ2v) is 6.12. The van der Waals surface area contributed by atoms with Crippen molar-refractivity contribution in [3.8, 4) is 0 Å². The van der Waals surface area contributed by atoms with E-state index in [2.05, 4.69) is 44.3 Å². The molecule has 1 atom stereocenters. The van der Waals surface area contributed by atoms with Gasteiger partial charge in [-0.05, 0) is 23.8 Å². The van der Waals surface area contributed by atoms with Crippen molar-refractivity contribution in [2.24, 2.45) is 11.7 Å². The zero-order valence-electron chi connectivity index (χ0n) is 11.3. The van der Waals surface area contributed by atoms with E-state index in [1.807, 2.05) is 0 Å². The number of anilines is 1. The number of rotatable bonds is 7. The average molecular weight is 282 g/mol. The van der Waals surface area contributed by atoms with Gasteiger partial charge in [-0.3, -0.25) is 0 Å². The van der Waals surface area contributed by atoms with E-state index in [0.29, 0.717) is 10.9 Å². The van der Waals surface area contributed by atoms with Crippen molar-refractivity contribution in [3.63, 3.8) is 0 Å². The van der Waals surface area contributed by atoms with Crippen LogP contribution in [0.2, 0.25) is 0 Å². The predicted octanol–water partition coefficient (Wildman–Crippen LogP) is 3.89. The summed E-state index contributed by atoms with van der Waals surface area (Å²) in [5.41, 5.74) is 7.91. The van der Waals surface area contributed by atoms with Crippen LogP contribution >= 0.6 is 24.0 Å². The highest BCUT2D eigenvalue weighted by atomic mass is 32.2. The fraction of sp³-hybridized carbons (Fsp3) is 0.500. The van der Waals surface area contributed by atoms with Gasteiger partial charge in [-0.25, -0.2) is 0 Å². The third-order valence-corrected chi connectivity index (χ3v) is 4.05. The minimum Gasteiger partial charge on any atom is -0.389 e. The zero-order chi connectivity index (χ0) is 13.5. The Kier molecular flexibility index (Phi) is 6.50. The number of benzene rings is 1. The van der Waals surface area contributed by atoms with Crippen LogP contribution in [0.15, 0.2) is 23.1 Å². The van der Waals surface area contributed by atoms with E-state index >= 15 is 0 Å². The summed E-state index contributed by atoms with van der Waals surface area (Å²) in [6.45, 7) is 7.52. The van der Waals surface area contributed by atoms with Gasteiger partial charge >= 0.3 is 0 Å². The molecule has 0 spiro atoms. The van der Waals surface area contributed by atoms with Gasteiger partial charge < -0.3 is 11.1 Å². The first kappa shape index (κ1) is 15.3. The lowest BCUT2D eigenvalue weighted by atomic mass is 10.1. The number of nitrogens with one attached hydrogen (secondary N) is 1. The van der Waals surface area contributed by atoms with Crippen molar-refractivity contribution >= 4 is 34.7 Å². The highest BCUT2D eigenvalue weighted by Gasteiger charge is 2.11. The SMILES string of the molecule is CCSc1cccc(NCC(C)CC)c1C(N)=S. The van der Waals surface area contributed by atoms with E-state index in [4.69, 9.17) is 18.0 Å². The maximum Gasteiger partial charge on any atom is 0.107 e. The van der Waals surface area contributed by atoms with Crippen molar-refractivity contribution in [1.29, 1.82) is 0 Å². The molecule has 4 heteroatoms. The van der Waals surface area contributed by atoms with Gasteiger partial charge in [-0.15, -0.1) is 11.8 Å². The van der Waals surface area contributed by atoms with Crippen molar-refractivity contribution in [2.75, 3.05) is 17.6 Å². The van der Waals surface area contributed by atoms with Gasteiger partial charge in [-0.1, -0.05) is 45.5 Å². The van der Waals surface area contributed by atoms with E-state index < -0.39 is 0 Å². The smallest absolute Gasteiger partial charge is 0.107 e. The molecule has 1 rings (SSSR count). The Balaban J connectivity index is 2.95. The van der Waals surface area contributed by atoms with Crippen LogP contribution in [0.1, 0.15) is 32.8 Å². The van der Waals surface area contributed by atoms with Crippen molar-refractivity contribution < 1.29 is 0 Å². The minimum absolute atomic E-state index is 0.471. The molecule has 0 aliphatic rings. The van der Waals surface area contributed by atoms with Crippen LogP contribution in [-0.4, -0.2) is 17.3 Å². The lowest BCUT2D eigenvalue weighted by molar-refractivity contribution is 0.593. The van der Waals surface area contributed by atoms with Gasteiger partial charge in [0.25, 0.3) is 0 Å². The van der Waals surface area contributed by atoms with E-state index in [0.717, 1.165) is 23.5 Å². The fourth-order valence-electron chi connectivity index (χ4n) is 1.64. The first-order valence-corrected chi connectivity index (χ1v) is 7.79. The van der Waals surface area contributed by atoms with Gasteiger partial charge in [-0.2, -0.15) is 0 Å². The van der Waals surface area contributed by atoms with Crippen molar-refractivity contribution in [1.82, 2.24) is 0 Å². The molecular weight excluding hydrogens is 260 g/mol. The molecular formula is C14H22N2S2. The third-order valence-electron chi connectivity index (χ3n) is 2.91. The minimum atomic E-state index is 0.471. The molecule has 1 aromatic rings. The van der Waals surface area contributed by atoms with Crippen molar-refractivity contribution in [3.05, 3.63) is 23.8 Å². The molecule has 0 aromatic heterocycles. The van der Waals surface area contributed by atoms with Crippen LogP contribution in [0.4, 0.5) is 5.69 Å². The molecule has 1 aromatic carbocycles. The topological polar surface area (TPSA) is 38.0 Å². The molecule has 0 aliphatic carbocycles. The zero-order valence-corrected chi connectivity index (χ0v) is 13.0. The molecule has 0 fully saturated rings. The number of nitrogens with two attached hydrogens (primary N) is 1. The number of thioether (sulfide) groups is 1. The Bertz CT molecular complexity index is 405. The summed E-state index contributed by atoms with van der Waals surface area (Å²) < 4.78 is 0. The van der Waals surface area contributed by atoms with E-state index in [-0.39, 0.29) is 0 Å². The van der Waals surface area contributed by atoms with Crippen molar-refractivity contribution in [2.45, 2.75) is 32.1 Å². The lowest BCUT2D eigenvalue weighted by Crippen LogP contribution is -2.17. The van der Waals surface area contributed by atoms with Gasteiger partial charge in [0.2, 0.25) is 0 Å². The number of thiocarbonyl (C=S) groups is 1. The van der Waals surface area contributed by atoms with E-state index in [1.54, 1.807) is 11.8 Å². The summed E-state index contributed by atoms with van der Waals surface area (Å²) in [7, 11) is 0. The Hall–Kier alpha value is -0.740. The normalized spacial score (nSPS) is 12.2. The van der Waals surface area contributed by atoms with E-state index in [9.17, 15) is 0 Å². The van der Waals surface area contributed by atoms with Crippen LogP contribution in [0.25, 0.3) is 0 Å². The monoisotopic (exact) mass is 282 g/mol. The maximum absolute atomic E-state index is 5.86. The number of hydrogen-bond acceptors (Lipinski definition) is 3. The molecule has 18 heavy (non-hydrogen) atoms.